The van der Waals surface area contributed by atoms with Gasteiger partial charge in [0.25, 0.3) is 0 Å². The molecule has 1 aromatic rings. The maximum atomic E-state index is 3.80. The molecule has 1 aliphatic heterocycles. The molecule has 2 unspecified atom stereocenters. The second-order valence-electron chi connectivity index (χ2n) is 6.80. The minimum atomic E-state index is 0.674. The molecule has 0 aromatic carbocycles. The summed E-state index contributed by atoms with van der Waals surface area (Å²) in [6, 6.07) is 3.72. The first-order valence-electron chi connectivity index (χ1n) is 7.82. The van der Waals surface area contributed by atoms with E-state index in [1.54, 1.807) is 0 Å². The Hall–Kier alpha value is 0.1000. The number of hydrogen-bond acceptors (Lipinski definition) is 3. The number of rotatable bonds is 5. The summed E-state index contributed by atoms with van der Waals surface area (Å²) in [5, 5.41) is 6.00. The van der Waals surface area contributed by atoms with Crippen molar-refractivity contribution in [2.45, 2.75) is 51.7 Å². The quantitative estimate of drug-likeness (QED) is 0.853. The summed E-state index contributed by atoms with van der Waals surface area (Å²) in [5.74, 6) is 1.73. The van der Waals surface area contributed by atoms with E-state index in [1.165, 1.54) is 41.7 Å². The summed E-state index contributed by atoms with van der Waals surface area (Å²) in [5.41, 5.74) is 0. The molecule has 112 valence electrons. The van der Waals surface area contributed by atoms with Crippen molar-refractivity contribution in [3.63, 3.8) is 0 Å². The van der Waals surface area contributed by atoms with Gasteiger partial charge in [-0.15, -0.1) is 11.3 Å². The van der Waals surface area contributed by atoms with E-state index in [2.05, 4.69) is 51.4 Å². The molecule has 1 N–H and O–H groups in total. The van der Waals surface area contributed by atoms with Crippen molar-refractivity contribution in [1.82, 2.24) is 10.2 Å². The van der Waals surface area contributed by atoms with Crippen molar-refractivity contribution in [1.29, 1.82) is 0 Å². The normalized spacial score (nSPS) is 28.2. The van der Waals surface area contributed by atoms with E-state index in [0.29, 0.717) is 6.04 Å². The fourth-order valence-corrected chi connectivity index (χ4v) is 4.87. The molecule has 4 heteroatoms. The highest BCUT2D eigenvalue weighted by Crippen LogP contribution is 2.37. The molecule has 0 spiro atoms. The molecule has 2 atom stereocenters. The molecule has 3 rings (SSSR count). The number of piperazine rings is 1. The smallest absolute Gasteiger partial charge is 0.0332 e. The highest BCUT2D eigenvalue weighted by atomic mass is 79.9. The third kappa shape index (κ3) is 3.85. The molecule has 1 saturated carbocycles. The molecule has 0 radical (unpaired) electrons. The fourth-order valence-electron chi connectivity index (χ4n) is 3.39. The summed E-state index contributed by atoms with van der Waals surface area (Å²) < 4.78 is 1.23. The first-order chi connectivity index (χ1) is 9.61. The van der Waals surface area contributed by atoms with Crippen LogP contribution in [0.15, 0.2) is 15.9 Å². The first-order valence-corrected chi connectivity index (χ1v) is 9.49. The third-order valence-corrected chi connectivity index (χ3v) is 6.12. The van der Waals surface area contributed by atoms with E-state index < -0.39 is 0 Å². The molecule has 0 bridgehead atoms. The third-order valence-electron chi connectivity index (χ3n) is 4.44. The van der Waals surface area contributed by atoms with Crippen molar-refractivity contribution in [3.05, 3.63) is 20.8 Å². The SMILES string of the molecule is CC(C)CC1CN(Cc2cc(Br)cs2)C(C2CC2)CN1. The van der Waals surface area contributed by atoms with Gasteiger partial charge in [-0.05, 0) is 53.1 Å². The van der Waals surface area contributed by atoms with E-state index >= 15 is 0 Å². The average molecular weight is 357 g/mol. The van der Waals surface area contributed by atoms with Crippen molar-refractivity contribution in [2.75, 3.05) is 13.1 Å². The Bertz CT molecular complexity index is 441. The van der Waals surface area contributed by atoms with Gasteiger partial charge in [0.2, 0.25) is 0 Å². The number of nitrogens with one attached hydrogen (secondary N) is 1. The molecule has 1 aromatic heterocycles. The van der Waals surface area contributed by atoms with Gasteiger partial charge in [0.05, 0.1) is 0 Å². The highest BCUT2D eigenvalue weighted by Gasteiger charge is 2.38. The van der Waals surface area contributed by atoms with Gasteiger partial charge in [-0.3, -0.25) is 4.90 Å². The lowest BCUT2D eigenvalue weighted by Crippen LogP contribution is -2.57. The van der Waals surface area contributed by atoms with Crippen LogP contribution in [0.3, 0.4) is 0 Å². The molecule has 0 amide bonds. The summed E-state index contributed by atoms with van der Waals surface area (Å²) in [6.45, 7) is 8.20. The van der Waals surface area contributed by atoms with Gasteiger partial charge in [-0.25, -0.2) is 0 Å². The monoisotopic (exact) mass is 356 g/mol. The molecule has 2 fully saturated rings. The number of thiophene rings is 1. The average Bonchev–Trinajstić information content (AvgIpc) is 3.13. The van der Waals surface area contributed by atoms with Crippen molar-refractivity contribution in [3.8, 4) is 0 Å². The Morgan fingerprint density at radius 2 is 2.25 bits per heavy atom. The molecule has 2 heterocycles. The molecule has 1 saturated heterocycles. The maximum absolute atomic E-state index is 3.80. The lowest BCUT2D eigenvalue weighted by Gasteiger charge is -2.41. The number of nitrogens with zero attached hydrogens (tertiary/aromatic N) is 1. The molecule has 1 aliphatic carbocycles. The van der Waals surface area contributed by atoms with Gasteiger partial charge >= 0.3 is 0 Å². The van der Waals surface area contributed by atoms with Crippen LogP contribution in [0.5, 0.6) is 0 Å². The minimum absolute atomic E-state index is 0.674. The Labute approximate surface area is 135 Å². The van der Waals surface area contributed by atoms with E-state index in [-0.39, 0.29) is 0 Å². The van der Waals surface area contributed by atoms with Crippen LogP contribution in [0.1, 0.15) is 38.0 Å². The predicted octanol–water partition coefficient (Wildman–Crippen LogP) is 4.11. The van der Waals surface area contributed by atoms with E-state index in [4.69, 9.17) is 0 Å². The van der Waals surface area contributed by atoms with Gasteiger partial charge in [-0.2, -0.15) is 0 Å². The Morgan fingerprint density at radius 1 is 1.45 bits per heavy atom. The van der Waals surface area contributed by atoms with Crippen LogP contribution >= 0.6 is 27.3 Å². The van der Waals surface area contributed by atoms with Gasteiger partial charge in [0.15, 0.2) is 0 Å². The molecule has 20 heavy (non-hydrogen) atoms. The second kappa shape index (κ2) is 6.47. The van der Waals surface area contributed by atoms with Crippen LogP contribution in [0.25, 0.3) is 0 Å². The topological polar surface area (TPSA) is 15.3 Å². The Morgan fingerprint density at radius 3 is 2.85 bits per heavy atom. The number of halogens is 1. The zero-order chi connectivity index (χ0) is 14.1. The molecular formula is C16H25BrN2S. The van der Waals surface area contributed by atoms with Crippen molar-refractivity contribution >= 4 is 27.3 Å². The van der Waals surface area contributed by atoms with Crippen LogP contribution in [0.2, 0.25) is 0 Å². The summed E-state index contributed by atoms with van der Waals surface area (Å²) in [4.78, 5) is 4.24. The van der Waals surface area contributed by atoms with E-state index in [9.17, 15) is 0 Å². The van der Waals surface area contributed by atoms with Gasteiger partial charge in [0, 0.05) is 46.4 Å². The Balaban J connectivity index is 1.65. The van der Waals surface area contributed by atoms with Gasteiger partial charge < -0.3 is 5.32 Å². The van der Waals surface area contributed by atoms with Crippen molar-refractivity contribution < 1.29 is 0 Å². The van der Waals surface area contributed by atoms with Crippen LogP contribution in [-0.4, -0.2) is 30.1 Å². The zero-order valence-corrected chi connectivity index (χ0v) is 14.8. The summed E-state index contributed by atoms with van der Waals surface area (Å²) >= 11 is 5.46. The summed E-state index contributed by atoms with van der Waals surface area (Å²) in [6.07, 6.45) is 4.17. The van der Waals surface area contributed by atoms with Crippen molar-refractivity contribution in [2.24, 2.45) is 11.8 Å². The zero-order valence-electron chi connectivity index (χ0n) is 12.4. The van der Waals surface area contributed by atoms with Gasteiger partial charge in [0.1, 0.15) is 0 Å². The lowest BCUT2D eigenvalue weighted by molar-refractivity contribution is 0.101. The highest BCUT2D eigenvalue weighted by molar-refractivity contribution is 9.10. The first kappa shape index (κ1) is 15.0. The maximum Gasteiger partial charge on any atom is 0.0332 e. The largest absolute Gasteiger partial charge is 0.311 e. The van der Waals surface area contributed by atoms with Crippen LogP contribution in [0.4, 0.5) is 0 Å². The van der Waals surface area contributed by atoms with Crippen LogP contribution in [0, 0.1) is 11.8 Å². The van der Waals surface area contributed by atoms with E-state index in [0.717, 1.165) is 24.4 Å². The predicted molar refractivity (Wildman–Crippen MR) is 90.2 cm³/mol. The van der Waals surface area contributed by atoms with Gasteiger partial charge in [-0.1, -0.05) is 13.8 Å². The van der Waals surface area contributed by atoms with E-state index in [1.807, 2.05) is 11.3 Å². The lowest BCUT2D eigenvalue weighted by atomic mass is 9.98. The van der Waals surface area contributed by atoms with Crippen LogP contribution < -0.4 is 5.32 Å². The minimum Gasteiger partial charge on any atom is -0.311 e. The second-order valence-corrected chi connectivity index (χ2v) is 8.71. The van der Waals surface area contributed by atoms with Crippen LogP contribution in [-0.2, 0) is 6.54 Å². The number of hydrogen-bond donors (Lipinski definition) is 1. The molecule has 2 nitrogen and oxygen atoms in total. The standard InChI is InChI=1S/C16H25BrN2S/c1-11(2)5-14-8-19(9-15-6-13(17)10-20-15)16(7-18-14)12-3-4-12/h6,10-12,14,16,18H,3-5,7-9H2,1-2H3. The molecule has 2 aliphatic rings. The molecular weight excluding hydrogens is 332 g/mol. The fraction of sp³-hybridized carbons (Fsp3) is 0.750. The summed E-state index contributed by atoms with van der Waals surface area (Å²) in [7, 11) is 0. The Kier molecular flexibility index (Phi) is 4.86.